The first-order valence-electron chi connectivity index (χ1n) is 9.81. The fraction of sp³-hybridized carbons (Fsp3) is 0.286. The average molecular weight is 464 g/mol. The lowest BCUT2D eigenvalue weighted by Gasteiger charge is -2.31. The maximum atomic E-state index is 13.0. The van der Waals surface area contributed by atoms with Crippen molar-refractivity contribution in [3.05, 3.63) is 72.8 Å². The van der Waals surface area contributed by atoms with Crippen LogP contribution in [-0.4, -0.2) is 52.7 Å². The van der Waals surface area contributed by atoms with Crippen LogP contribution in [0, 0.1) is 0 Å². The first kappa shape index (κ1) is 23.1. The van der Waals surface area contributed by atoms with Gasteiger partial charge in [0.15, 0.2) is 0 Å². The molecule has 0 spiro atoms. The number of rotatable bonds is 8. The van der Waals surface area contributed by atoms with Crippen molar-refractivity contribution >= 4 is 26.0 Å². The number of sulfonamides is 2. The lowest BCUT2D eigenvalue weighted by atomic mass is 10.1. The molecule has 1 amide bonds. The minimum absolute atomic E-state index is 0.0297. The molecule has 2 N–H and O–H groups in total. The number of benzene rings is 2. The van der Waals surface area contributed by atoms with Crippen molar-refractivity contribution in [3.63, 3.8) is 0 Å². The van der Waals surface area contributed by atoms with Gasteiger partial charge < -0.3 is 5.32 Å². The average Bonchev–Trinajstić information content (AvgIpc) is 2.78. The summed E-state index contributed by atoms with van der Waals surface area (Å²) in [5, 5.41) is 2.62. The molecule has 0 radical (unpaired) electrons. The van der Waals surface area contributed by atoms with Gasteiger partial charge in [-0.15, -0.1) is 6.58 Å². The Morgan fingerprint density at radius 1 is 1.00 bits per heavy atom. The Balaban J connectivity index is 1.66. The molecule has 31 heavy (non-hydrogen) atoms. The number of carbonyl (C=O) groups excluding carboxylic acids is 1. The van der Waals surface area contributed by atoms with E-state index in [1.807, 2.05) is 0 Å². The largest absolute Gasteiger partial charge is 0.349 e. The molecule has 1 fully saturated rings. The van der Waals surface area contributed by atoms with Crippen molar-refractivity contribution in [2.24, 2.45) is 0 Å². The second-order valence-electron chi connectivity index (χ2n) is 7.14. The highest BCUT2D eigenvalue weighted by molar-refractivity contribution is 7.89. The molecule has 2 aromatic rings. The number of nitrogens with zero attached hydrogens (tertiary/aromatic N) is 1. The molecular formula is C21H25N3O5S2. The molecule has 0 aliphatic carbocycles. The third kappa shape index (κ3) is 5.59. The van der Waals surface area contributed by atoms with Crippen LogP contribution in [0.4, 0.5) is 0 Å². The zero-order valence-corrected chi connectivity index (χ0v) is 18.5. The summed E-state index contributed by atoms with van der Waals surface area (Å²) in [6.07, 6.45) is 2.24. The maximum absolute atomic E-state index is 13.0. The molecule has 0 atom stereocenters. The van der Waals surface area contributed by atoms with Crippen LogP contribution >= 0.6 is 0 Å². The number of hydrogen-bond acceptors (Lipinski definition) is 5. The van der Waals surface area contributed by atoms with E-state index in [9.17, 15) is 21.6 Å². The zero-order chi connectivity index (χ0) is 22.5. The fourth-order valence-corrected chi connectivity index (χ4v) is 6.16. The van der Waals surface area contributed by atoms with E-state index < -0.39 is 20.0 Å². The normalized spacial score (nSPS) is 16.0. The number of carbonyl (C=O) groups is 1. The van der Waals surface area contributed by atoms with Crippen molar-refractivity contribution in [2.75, 3.05) is 19.6 Å². The van der Waals surface area contributed by atoms with Crippen LogP contribution in [0.1, 0.15) is 23.2 Å². The van der Waals surface area contributed by atoms with E-state index in [0.29, 0.717) is 12.8 Å². The van der Waals surface area contributed by atoms with Crippen LogP contribution in [0.2, 0.25) is 0 Å². The second-order valence-corrected chi connectivity index (χ2v) is 10.8. The second kappa shape index (κ2) is 9.73. The standard InChI is InChI=1S/C21H25N3O5S2/c1-2-13-22-21(25)17-7-6-10-20(16-17)31(28,29)24-14-11-18(12-15-24)23-30(26,27)19-8-4-3-5-9-19/h2-10,16,18,23H,1,11-15H2,(H,22,25). The minimum atomic E-state index is -3.80. The van der Waals surface area contributed by atoms with E-state index in [0.717, 1.165) is 0 Å². The first-order chi connectivity index (χ1) is 14.7. The van der Waals surface area contributed by atoms with Crippen molar-refractivity contribution in [2.45, 2.75) is 28.7 Å². The number of hydrogen-bond donors (Lipinski definition) is 2. The molecule has 3 rings (SSSR count). The monoisotopic (exact) mass is 463 g/mol. The van der Waals surface area contributed by atoms with Gasteiger partial charge in [-0.3, -0.25) is 4.79 Å². The van der Waals surface area contributed by atoms with E-state index >= 15 is 0 Å². The van der Waals surface area contributed by atoms with Crippen LogP contribution in [0.3, 0.4) is 0 Å². The molecule has 0 unspecified atom stereocenters. The van der Waals surface area contributed by atoms with Crippen molar-refractivity contribution < 1.29 is 21.6 Å². The molecule has 1 saturated heterocycles. The Morgan fingerprint density at radius 3 is 2.29 bits per heavy atom. The van der Waals surface area contributed by atoms with E-state index in [2.05, 4.69) is 16.6 Å². The predicted molar refractivity (Wildman–Crippen MR) is 118 cm³/mol. The summed E-state index contributed by atoms with van der Waals surface area (Å²) in [6.45, 7) is 4.17. The summed E-state index contributed by atoms with van der Waals surface area (Å²) < 4.78 is 55.0. The topological polar surface area (TPSA) is 113 Å². The fourth-order valence-electron chi connectivity index (χ4n) is 3.31. The lowest BCUT2D eigenvalue weighted by molar-refractivity contribution is 0.0957. The highest BCUT2D eigenvalue weighted by atomic mass is 32.2. The molecule has 0 aromatic heterocycles. The summed E-state index contributed by atoms with van der Waals surface area (Å²) in [6, 6.07) is 13.6. The number of nitrogens with one attached hydrogen (secondary N) is 2. The van der Waals surface area contributed by atoms with Crippen molar-refractivity contribution in [1.29, 1.82) is 0 Å². The predicted octanol–water partition coefficient (Wildman–Crippen LogP) is 1.73. The van der Waals surface area contributed by atoms with Gasteiger partial charge in [0.05, 0.1) is 9.79 Å². The van der Waals surface area contributed by atoms with Crippen LogP contribution in [0.5, 0.6) is 0 Å². The van der Waals surface area contributed by atoms with Gasteiger partial charge in [-0.2, -0.15) is 4.31 Å². The third-order valence-electron chi connectivity index (χ3n) is 4.97. The van der Waals surface area contributed by atoms with Gasteiger partial charge in [-0.25, -0.2) is 21.6 Å². The molecule has 10 heteroatoms. The SMILES string of the molecule is C=CCNC(=O)c1cccc(S(=O)(=O)N2CCC(NS(=O)(=O)c3ccccc3)CC2)c1. The van der Waals surface area contributed by atoms with Gasteiger partial charge in [0, 0.05) is 31.2 Å². The molecule has 166 valence electrons. The molecule has 2 aromatic carbocycles. The summed E-state index contributed by atoms with van der Waals surface area (Å²) in [5.74, 6) is -0.383. The van der Waals surface area contributed by atoms with Gasteiger partial charge in [0.1, 0.15) is 0 Å². The van der Waals surface area contributed by atoms with E-state index in [-0.39, 0.29) is 46.9 Å². The molecule has 1 heterocycles. The summed E-state index contributed by atoms with van der Waals surface area (Å²) in [4.78, 5) is 12.3. The number of piperidine rings is 1. The summed E-state index contributed by atoms with van der Waals surface area (Å²) in [5.41, 5.74) is 0.244. The molecule has 8 nitrogen and oxygen atoms in total. The first-order valence-corrected chi connectivity index (χ1v) is 12.7. The van der Waals surface area contributed by atoms with Gasteiger partial charge in [0.25, 0.3) is 5.91 Å². The van der Waals surface area contributed by atoms with Gasteiger partial charge in [0.2, 0.25) is 20.0 Å². The lowest BCUT2D eigenvalue weighted by Crippen LogP contribution is -2.46. The third-order valence-corrected chi connectivity index (χ3v) is 8.40. The van der Waals surface area contributed by atoms with Gasteiger partial charge in [-0.05, 0) is 43.2 Å². The van der Waals surface area contributed by atoms with E-state index in [1.54, 1.807) is 24.3 Å². The minimum Gasteiger partial charge on any atom is -0.349 e. The Bertz CT molecular complexity index is 1140. The highest BCUT2D eigenvalue weighted by Gasteiger charge is 2.31. The van der Waals surface area contributed by atoms with Crippen LogP contribution in [0.25, 0.3) is 0 Å². The Kier molecular flexibility index (Phi) is 7.26. The maximum Gasteiger partial charge on any atom is 0.251 e. The Hall–Kier alpha value is -2.53. The highest BCUT2D eigenvalue weighted by Crippen LogP contribution is 2.22. The number of amides is 1. The van der Waals surface area contributed by atoms with Crippen LogP contribution < -0.4 is 10.0 Å². The van der Waals surface area contributed by atoms with Crippen LogP contribution in [0.15, 0.2) is 77.0 Å². The molecular weight excluding hydrogens is 438 g/mol. The van der Waals surface area contributed by atoms with Gasteiger partial charge >= 0.3 is 0 Å². The van der Waals surface area contributed by atoms with Crippen molar-refractivity contribution in [3.8, 4) is 0 Å². The zero-order valence-electron chi connectivity index (χ0n) is 16.9. The van der Waals surface area contributed by atoms with E-state index in [1.165, 1.54) is 40.7 Å². The van der Waals surface area contributed by atoms with Crippen LogP contribution in [-0.2, 0) is 20.0 Å². The van der Waals surface area contributed by atoms with E-state index in [4.69, 9.17) is 0 Å². The molecule has 0 bridgehead atoms. The Labute approximate surface area is 183 Å². The smallest absolute Gasteiger partial charge is 0.251 e. The molecule has 1 aliphatic rings. The summed E-state index contributed by atoms with van der Waals surface area (Å²) >= 11 is 0. The quantitative estimate of drug-likeness (QED) is 0.579. The summed E-state index contributed by atoms with van der Waals surface area (Å²) in [7, 11) is -7.46. The van der Waals surface area contributed by atoms with Crippen molar-refractivity contribution in [1.82, 2.24) is 14.3 Å². The Morgan fingerprint density at radius 2 is 1.65 bits per heavy atom. The van der Waals surface area contributed by atoms with Gasteiger partial charge in [-0.1, -0.05) is 30.3 Å². The molecule has 0 saturated carbocycles. The molecule has 1 aliphatic heterocycles.